The first-order valence-corrected chi connectivity index (χ1v) is 6.68. The number of hydrogen-bond donors (Lipinski definition) is 1. The fourth-order valence-corrected chi connectivity index (χ4v) is 3.21. The minimum absolute atomic E-state index is 0.0441. The number of benzene rings is 1. The molecule has 104 valence electrons. The minimum Gasteiger partial charge on any atom is -0.354 e. The zero-order chi connectivity index (χ0) is 14.2. The Labute approximate surface area is 107 Å². The standard InChI is InChI=1S/C10H9F3N2O3S/c11-6-3-7(12)10(8(13)4-6)19(17,18)15-2-1-14-9(16)5-15/h3-4H,1-2,5H2,(H,14,16). The summed E-state index contributed by atoms with van der Waals surface area (Å²) in [6.45, 7) is -0.592. The van der Waals surface area contributed by atoms with E-state index in [-0.39, 0.29) is 25.2 Å². The molecule has 9 heteroatoms. The van der Waals surface area contributed by atoms with Crippen molar-refractivity contribution in [3.8, 4) is 0 Å². The van der Waals surface area contributed by atoms with Crippen LogP contribution in [-0.2, 0) is 14.8 Å². The molecule has 0 aliphatic carbocycles. The molecule has 1 fully saturated rings. The van der Waals surface area contributed by atoms with Gasteiger partial charge in [-0.3, -0.25) is 4.79 Å². The van der Waals surface area contributed by atoms with Gasteiger partial charge >= 0.3 is 0 Å². The van der Waals surface area contributed by atoms with E-state index in [2.05, 4.69) is 5.32 Å². The number of carbonyl (C=O) groups is 1. The number of nitrogens with one attached hydrogen (secondary N) is 1. The number of rotatable bonds is 2. The maximum absolute atomic E-state index is 13.5. The second-order valence-corrected chi connectivity index (χ2v) is 5.76. The third-order valence-corrected chi connectivity index (χ3v) is 4.46. The Kier molecular flexibility index (Phi) is 3.50. The van der Waals surface area contributed by atoms with Gasteiger partial charge in [-0.15, -0.1) is 0 Å². The van der Waals surface area contributed by atoms with Crippen LogP contribution in [0, 0.1) is 17.5 Å². The fourth-order valence-electron chi connectivity index (χ4n) is 1.72. The van der Waals surface area contributed by atoms with Crippen LogP contribution in [0.15, 0.2) is 17.0 Å². The van der Waals surface area contributed by atoms with E-state index in [4.69, 9.17) is 0 Å². The van der Waals surface area contributed by atoms with Gasteiger partial charge in [0, 0.05) is 25.2 Å². The van der Waals surface area contributed by atoms with Crippen LogP contribution in [-0.4, -0.2) is 38.3 Å². The third-order valence-electron chi connectivity index (χ3n) is 2.56. The van der Waals surface area contributed by atoms with Gasteiger partial charge in [0.15, 0.2) is 4.90 Å². The maximum Gasteiger partial charge on any atom is 0.249 e. The van der Waals surface area contributed by atoms with Gasteiger partial charge in [0.1, 0.15) is 17.5 Å². The zero-order valence-electron chi connectivity index (χ0n) is 9.49. The zero-order valence-corrected chi connectivity index (χ0v) is 10.3. The molecular formula is C10H9F3N2O3S. The summed E-state index contributed by atoms with van der Waals surface area (Å²) in [6.07, 6.45) is 0. The van der Waals surface area contributed by atoms with Crippen molar-refractivity contribution in [2.45, 2.75) is 4.90 Å². The predicted octanol–water partition coefficient (Wildman–Crippen LogP) is 0.224. The number of carbonyl (C=O) groups excluding carboxylic acids is 1. The highest BCUT2D eigenvalue weighted by atomic mass is 32.2. The van der Waals surface area contributed by atoms with E-state index >= 15 is 0 Å². The van der Waals surface area contributed by atoms with Crippen LogP contribution in [0.25, 0.3) is 0 Å². The molecule has 1 aliphatic heterocycles. The van der Waals surface area contributed by atoms with Crippen molar-refractivity contribution < 1.29 is 26.4 Å². The van der Waals surface area contributed by atoms with Crippen molar-refractivity contribution in [2.75, 3.05) is 19.6 Å². The van der Waals surface area contributed by atoms with Gasteiger partial charge in [-0.1, -0.05) is 0 Å². The molecule has 0 atom stereocenters. The largest absolute Gasteiger partial charge is 0.354 e. The van der Waals surface area contributed by atoms with Crippen molar-refractivity contribution in [1.82, 2.24) is 9.62 Å². The van der Waals surface area contributed by atoms with Crippen molar-refractivity contribution in [2.24, 2.45) is 0 Å². The van der Waals surface area contributed by atoms with E-state index < -0.39 is 44.8 Å². The first-order valence-electron chi connectivity index (χ1n) is 5.24. The van der Waals surface area contributed by atoms with Gasteiger partial charge in [0.05, 0.1) is 6.54 Å². The Morgan fingerprint density at radius 1 is 1.16 bits per heavy atom. The average Bonchev–Trinajstić information content (AvgIpc) is 2.26. The Bertz CT molecular complexity index is 610. The number of nitrogens with zero attached hydrogens (tertiary/aromatic N) is 1. The number of hydrogen-bond acceptors (Lipinski definition) is 3. The smallest absolute Gasteiger partial charge is 0.249 e. The van der Waals surface area contributed by atoms with Gasteiger partial charge in [0.25, 0.3) is 0 Å². The first-order chi connectivity index (χ1) is 8.82. The van der Waals surface area contributed by atoms with E-state index in [1.54, 1.807) is 0 Å². The topological polar surface area (TPSA) is 66.5 Å². The molecule has 2 rings (SSSR count). The van der Waals surface area contributed by atoms with Gasteiger partial charge in [-0.05, 0) is 0 Å². The molecule has 0 saturated carbocycles. The van der Waals surface area contributed by atoms with Crippen LogP contribution in [0.4, 0.5) is 13.2 Å². The third kappa shape index (κ3) is 2.56. The van der Waals surface area contributed by atoms with E-state index in [0.29, 0.717) is 4.31 Å². The first kappa shape index (κ1) is 13.8. The molecule has 0 radical (unpaired) electrons. The summed E-state index contributed by atoms with van der Waals surface area (Å²) in [5, 5.41) is 2.38. The summed E-state index contributed by atoms with van der Waals surface area (Å²) in [5.74, 6) is -4.84. The van der Waals surface area contributed by atoms with Gasteiger partial charge in [-0.25, -0.2) is 21.6 Å². The molecule has 19 heavy (non-hydrogen) atoms. The van der Waals surface area contributed by atoms with Crippen LogP contribution >= 0.6 is 0 Å². The Balaban J connectivity index is 2.48. The molecule has 1 aromatic carbocycles. The summed E-state index contributed by atoms with van der Waals surface area (Å²) in [5.41, 5.74) is 0. The minimum atomic E-state index is -4.52. The number of sulfonamides is 1. The van der Waals surface area contributed by atoms with Crippen molar-refractivity contribution in [3.05, 3.63) is 29.6 Å². The van der Waals surface area contributed by atoms with Gasteiger partial charge in [0.2, 0.25) is 15.9 Å². The van der Waals surface area contributed by atoms with Gasteiger partial charge in [-0.2, -0.15) is 4.31 Å². The van der Waals surface area contributed by atoms with Crippen LogP contribution in [0.2, 0.25) is 0 Å². The molecule has 1 aromatic rings. The van der Waals surface area contributed by atoms with E-state index in [1.807, 2.05) is 0 Å². The fraction of sp³-hybridized carbons (Fsp3) is 0.300. The van der Waals surface area contributed by atoms with Crippen molar-refractivity contribution >= 4 is 15.9 Å². The van der Waals surface area contributed by atoms with E-state index in [1.165, 1.54) is 0 Å². The molecule has 0 aromatic heterocycles. The highest BCUT2D eigenvalue weighted by Gasteiger charge is 2.34. The summed E-state index contributed by atoms with van der Waals surface area (Å²) >= 11 is 0. The molecule has 0 bridgehead atoms. The SMILES string of the molecule is O=C1CN(S(=O)(=O)c2c(F)cc(F)cc2F)CCN1. The van der Waals surface area contributed by atoms with Crippen LogP contribution < -0.4 is 5.32 Å². The Hall–Kier alpha value is -1.61. The van der Waals surface area contributed by atoms with Crippen LogP contribution in [0.1, 0.15) is 0 Å². The molecule has 1 saturated heterocycles. The Morgan fingerprint density at radius 3 is 2.26 bits per heavy atom. The normalized spacial score (nSPS) is 17.3. The molecule has 1 N–H and O–H groups in total. The quantitative estimate of drug-likeness (QED) is 0.849. The second-order valence-electron chi connectivity index (χ2n) is 3.89. The summed E-state index contributed by atoms with van der Waals surface area (Å²) in [7, 11) is -4.52. The van der Waals surface area contributed by atoms with E-state index in [9.17, 15) is 26.4 Å². The molecule has 0 unspecified atom stereocenters. The van der Waals surface area contributed by atoms with Crippen molar-refractivity contribution in [3.63, 3.8) is 0 Å². The average molecular weight is 294 g/mol. The van der Waals surface area contributed by atoms with E-state index in [0.717, 1.165) is 0 Å². The van der Waals surface area contributed by atoms with Crippen molar-refractivity contribution in [1.29, 1.82) is 0 Å². The second kappa shape index (κ2) is 4.82. The molecule has 1 heterocycles. The molecule has 1 amide bonds. The molecule has 0 spiro atoms. The molecule has 1 aliphatic rings. The lowest BCUT2D eigenvalue weighted by atomic mass is 10.3. The summed E-state index contributed by atoms with van der Waals surface area (Å²) in [4.78, 5) is 9.86. The number of amides is 1. The maximum atomic E-state index is 13.5. The lowest BCUT2D eigenvalue weighted by Crippen LogP contribution is -2.50. The highest BCUT2D eigenvalue weighted by molar-refractivity contribution is 7.89. The van der Waals surface area contributed by atoms with Crippen LogP contribution in [0.3, 0.4) is 0 Å². The number of piperazine rings is 1. The number of halogens is 3. The summed E-state index contributed by atoms with van der Waals surface area (Å²) < 4.78 is 64.4. The lowest BCUT2D eigenvalue weighted by molar-refractivity contribution is -0.122. The summed E-state index contributed by atoms with van der Waals surface area (Å²) in [6, 6.07) is 0.556. The van der Waals surface area contributed by atoms with Gasteiger partial charge < -0.3 is 5.32 Å². The Morgan fingerprint density at radius 2 is 1.74 bits per heavy atom. The van der Waals surface area contributed by atoms with Crippen LogP contribution in [0.5, 0.6) is 0 Å². The highest BCUT2D eigenvalue weighted by Crippen LogP contribution is 2.24. The predicted molar refractivity (Wildman–Crippen MR) is 58.1 cm³/mol. The molecule has 5 nitrogen and oxygen atoms in total. The lowest BCUT2D eigenvalue weighted by Gasteiger charge is -2.26. The monoisotopic (exact) mass is 294 g/mol. The molecular weight excluding hydrogens is 285 g/mol.